The third-order valence-electron chi connectivity index (χ3n) is 4.28. The summed E-state index contributed by atoms with van der Waals surface area (Å²) >= 11 is 0. The monoisotopic (exact) mass is 353 g/mol. The van der Waals surface area contributed by atoms with Gasteiger partial charge in [0.05, 0.1) is 0 Å². The first-order valence-electron chi connectivity index (χ1n) is 9.10. The van der Waals surface area contributed by atoms with Crippen LogP contribution in [0.1, 0.15) is 58.7 Å². The molecule has 1 aromatic heterocycles. The van der Waals surface area contributed by atoms with E-state index in [9.17, 15) is 9.59 Å². The van der Waals surface area contributed by atoms with Crippen LogP contribution >= 0.6 is 0 Å². The van der Waals surface area contributed by atoms with E-state index in [1.165, 1.54) is 11.8 Å². The number of hydrogen-bond donors (Lipinski definition) is 1. The molecule has 0 aliphatic rings. The van der Waals surface area contributed by atoms with Gasteiger partial charge in [-0.15, -0.1) is 0 Å². The number of rotatable bonds is 7. The molecule has 2 amide bonds. The molecule has 0 fully saturated rings. The molecule has 1 N–H and O–H groups in total. The minimum Gasteiger partial charge on any atom is -0.337 e. The van der Waals surface area contributed by atoms with E-state index in [4.69, 9.17) is 0 Å². The lowest BCUT2D eigenvalue weighted by Crippen LogP contribution is -2.33. The maximum Gasteiger partial charge on any atom is 0.272 e. The minimum atomic E-state index is -0.248. The van der Waals surface area contributed by atoms with Crippen LogP contribution in [0.15, 0.2) is 36.5 Å². The van der Waals surface area contributed by atoms with Gasteiger partial charge in [-0.2, -0.15) is 0 Å². The predicted molar refractivity (Wildman–Crippen MR) is 105 cm³/mol. The van der Waals surface area contributed by atoms with Crippen molar-refractivity contribution >= 4 is 17.5 Å². The Balaban J connectivity index is 2.17. The second kappa shape index (κ2) is 9.13. The second-order valence-electron chi connectivity index (χ2n) is 6.48. The Morgan fingerprint density at radius 2 is 1.69 bits per heavy atom. The van der Waals surface area contributed by atoms with Gasteiger partial charge in [-0.3, -0.25) is 14.6 Å². The lowest BCUT2D eigenvalue weighted by atomic mass is 10.1. The Hall–Kier alpha value is -2.69. The van der Waals surface area contributed by atoms with E-state index in [1.54, 1.807) is 17.0 Å². The summed E-state index contributed by atoms with van der Waals surface area (Å²) in [5, 5.41) is 2.88. The fourth-order valence-corrected chi connectivity index (χ4v) is 2.73. The lowest BCUT2D eigenvalue weighted by Gasteiger charge is -2.21. The first kappa shape index (κ1) is 19.6. The van der Waals surface area contributed by atoms with Crippen molar-refractivity contribution in [3.8, 4) is 0 Å². The zero-order chi connectivity index (χ0) is 19.1. The number of hydrogen-bond acceptors (Lipinski definition) is 3. The van der Waals surface area contributed by atoms with E-state index in [1.807, 2.05) is 45.9 Å². The van der Waals surface area contributed by atoms with Crippen molar-refractivity contribution in [1.29, 1.82) is 0 Å². The molecule has 1 heterocycles. The Kier molecular flexibility index (Phi) is 6.89. The number of aromatic nitrogens is 1. The van der Waals surface area contributed by atoms with Gasteiger partial charge in [0, 0.05) is 30.5 Å². The average molecular weight is 353 g/mol. The quantitative estimate of drug-likeness (QED) is 0.811. The van der Waals surface area contributed by atoms with Gasteiger partial charge in [-0.05, 0) is 62.1 Å². The molecular formula is C21H27N3O2. The fourth-order valence-electron chi connectivity index (χ4n) is 2.73. The molecule has 2 aromatic rings. The third-order valence-corrected chi connectivity index (χ3v) is 4.28. The summed E-state index contributed by atoms with van der Waals surface area (Å²) in [6, 6.07) is 8.97. The molecule has 0 atom stereocenters. The van der Waals surface area contributed by atoms with E-state index in [-0.39, 0.29) is 11.8 Å². The van der Waals surface area contributed by atoms with Crippen LogP contribution in [0, 0.1) is 13.8 Å². The Labute approximate surface area is 155 Å². The van der Waals surface area contributed by atoms with Crippen LogP contribution in [-0.4, -0.2) is 34.8 Å². The SMILES string of the molecule is CCCN(CCC)C(=O)c1cc(C(=O)Nc2ccc(C)c(C)c2)ccn1. The summed E-state index contributed by atoms with van der Waals surface area (Å²) in [5.41, 5.74) is 3.76. The van der Waals surface area contributed by atoms with Crippen molar-refractivity contribution in [2.24, 2.45) is 0 Å². The number of amides is 2. The number of carbonyl (C=O) groups excluding carboxylic acids is 2. The van der Waals surface area contributed by atoms with Crippen LogP contribution in [0.5, 0.6) is 0 Å². The van der Waals surface area contributed by atoms with Crippen LogP contribution in [0.3, 0.4) is 0 Å². The number of benzene rings is 1. The van der Waals surface area contributed by atoms with Gasteiger partial charge in [0.25, 0.3) is 11.8 Å². The van der Waals surface area contributed by atoms with Crippen molar-refractivity contribution in [3.05, 3.63) is 58.9 Å². The van der Waals surface area contributed by atoms with Gasteiger partial charge in [0.2, 0.25) is 0 Å². The number of anilines is 1. The number of aryl methyl sites for hydroxylation is 2. The molecular weight excluding hydrogens is 326 g/mol. The predicted octanol–water partition coefficient (Wildman–Crippen LogP) is 4.21. The average Bonchev–Trinajstić information content (AvgIpc) is 2.64. The normalized spacial score (nSPS) is 10.5. The van der Waals surface area contributed by atoms with Gasteiger partial charge < -0.3 is 10.2 Å². The van der Waals surface area contributed by atoms with Crippen LogP contribution in [0.4, 0.5) is 5.69 Å². The summed E-state index contributed by atoms with van der Waals surface area (Å²) in [5.74, 6) is -0.378. The maximum absolute atomic E-state index is 12.7. The molecule has 138 valence electrons. The maximum atomic E-state index is 12.7. The Bertz CT molecular complexity index is 781. The molecule has 0 bridgehead atoms. The third kappa shape index (κ3) is 4.91. The summed E-state index contributed by atoms with van der Waals surface area (Å²) < 4.78 is 0. The van der Waals surface area contributed by atoms with Crippen LogP contribution in [0.25, 0.3) is 0 Å². The van der Waals surface area contributed by atoms with Crippen LogP contribution < -0.4 is 5.32 Å². The molecule has 0 aliphatic carbocycles. The van der Waals surface area contributed by atoms with E-state index in [2.05, 4.69) is 10.3 Å². The van der Waals surface area contributed by atoms with E-state index in [0.29, 0.717) is 24.3 Å². The van der Waals surface area contributed by atoms with Crippen molar-refractivity contribution in [1.82, 2.24) is 9.88 Å². The number of pyridine rings is 1. The Morgan fingerprint density at radius 1 is 1.00 bits per heavy atom. The molecule has 0 saturated heterocycles. The second-order valence-corrected chi connectivity index (χ2v) is 6.48. The van der Waals surface area contributed by atoms with Crippen molar-refractivity contribution in [2.75, 3.05) is 18.4 Å². The highest BCUT2D eigenvalue weighted by Gasteiger charge is 2.17. The molecule has 26 heavy (non-hydrogen) atoms. The first-order valence-corrected chi connectivity index (χ1v) is 9.10. The van der Waals surface area contributed by atoms with Crippen molar-refractivity contribution in [3.63, 3.8) is 0 Å². The lowest BCUT2D eigenvalue weighted by molar-refractivity contribution is 0.0749. The van der Waals surface area contributed by atoms with E-state index < -0.39 is 0 Å². The molecule has 5 heteroatoms. The van der Waals surface area contributed by atoms with E-state index in [0.717, 1.165) is 24.1 Å². The zero-order valence-electron chi connectivity index (χ0n) is 16.0. The molecule has 2 rings (SSSR count). The summed E-state index contributed by atoms with van der Waals surface area (Å²) in [7, 11) is 0. The van der Waals surface area contributed by atoms with Crippen LogP contribution in [-0.2, 0) is 0 Å². The largest absolute Gasteiger partial charge is 0.337 e. The Morgan fingerprint density at radius 3 is 2.31 bits per heavy atom. The molecule has 0 aliphatic heterocycles. The highest BCUT2D eigenvalue weighted by atomic mass is 16.2. The summed E-state index contributed by atoms with van der Waals surface area (Å²) in [6.45, 7) is 9.48. The molecule has 0 radical (unpaired) electrons. The standard InChI is InChI=1S/C21H27N3O2/c1-5-11-24(12-6-2)21(26)19-14-17(9-10-22-19)20(25)23-18-8-7-15(3)16(4)13-18/h7-10,13-14H,5-6,11-12H2,1-4H3,(H,23,25). The zero-order valence-corrected chi connectivity index (χ0v) is 16.0. The van der Waals surface area contributed by atoms with Gasteiger partial charge >= 0.3 is 0 Å². The topological polar surface area (TPSA) is 62.3 Å². The number of nitrogens with one attached hydrogen (secondary N) is 1. The molecule has 1 aromatic carbocycles. The van der Waals surface area contributed by atoms with E-state index >= 15 is 0 Å². The van der Waals surface area contributed by atoms with Gasteiger partial charge in [0.1, 0.15) is 5.69 Å². The van der Waals surface area contributed by atoms with Crippen molar-refractivity contribution in [2.45, 2.75) is 40.5 Å². The minimum absolute atomic E-state index is 0.130. The highest BCUT2D eigenvalue weighted by molar-refractivity contribution is 6.05. The molecule has 0 spiro atoms. The number of nitrogens with zero attached hydrogens (tertiary/aromatic N) is 2. The fraction of sp³-hybridized carbons (Fsp3) is 0.381. The summed E-state index contributed by atoms with van der Waals surface area (Å²) in [6.07, 6.45) is 3.29. The first-order chi connectivity index (χ1) is 12.5. The highest BCUT2D eigenvalue weighted by Crippen LogP contribution is 2.16. The molecule has 0 unspecified atom stereocenters. The molecule has 5 nitrogen and oxygen atoms in total. The molecule has 0 saturated carbocycles. The number of carbonyl (C=O) groups is 2. The van der Waals surface area contributed by atoms with Gasteiger partial charge in [-0.1, -0.05) is 19.9 Å². The van der Waals surface area contributed by atoms with Gasteiger partial charge in [-0.25, -0.2) is 0 Å². The van der Waals surface area contributed by atoms with Crippen LogP contribution in [0.2, 0.25) is 0 Å². The van der Waals surface area contributed by atoms with Crippen molar-refractivity contribution < 1.29 is 9.59 Å². The summed E-state index contributed by atoms with van der Waals surface area (Å²) in [4.78, 5) is 31.2. The smallest absolute Gasteiger partial charge is 0.272 e. The van der Waals surface area contributed by atoms with Gasteiger partial charge in [0.15, 0.2) is 0 Å².